The molecule has 5 heteroatoms. The van der Waals surface area contributed by atoms with Crippen molar-refractivity contribution < 1.29 is 4.79 Å². The lowest BCUT2D eigenvalue weighted by molar-refractivity contribution is 0.0953. The summed E-state index contributed by atoms with van der Waals surface area (Å²) in [4.78, 5) is 15.4. The number of rotatable bonds is 4. The molecule has 0 aliphatic carbocycles. The van der Waals surface area contributed by atoms with Crippen LogP contribution in [0.2, 0.25) is 0 Å². The highest BCUT2D eigenvalue weighted by molar-refractivity contribution is 9.10. The van der Waals surface area contributed by atoms with Gasteiger partial charge in [-0.1, -0.05) is 0 Å². The molecule has 76 valence electrons. The van der Waals surface area contributed by atoms with E-state index in [0.29, 0.717) is 12.1 Å². The number of halogens is 1. The van der Waals surface area contributed by atoms with Crippen molar-refractivity contribution in [2.75, 3.05) is 20.1 Å². The minimum atomic E-state index is -0.103. The van der Waals surface area contributed by atoms with E-state index in [0.717, 1.165) is 11.0 Å². The third kappa shape index (κ3) is 3.43. The van der Waals surface area contributed by atoms with Gasteiger partial charge in [-0.2, -0.15) is 0 Å². The molecule has 4 nitrogen and oxygen atoms in total. The van der Waals surface area contributed by atoms with Crippen molar-refractivity contribution in [2.45, 2.75) is 0 Å². The summed E-state index contributed by atoms with van der Waals surface area (Å²) < 4.78 is 0.804. The van der Waals surface area contributed by atoms with Crippen molar-refractivity contribution in [3.05, 3.63) is 28.5 Å². The molecule has 0 unspecified atom stereocenters. The van der Waals surface area contributed by atoms with Crippen LogP contribution < -0.4 is 10.6 Å². The molecule has 1 amide bonds. The normalized spacial score (nSPS) is 9.86. The van der Waals surface area contributed by atoms with Gasteiger partial charge in [0.2, 0.25) is 0 Å². The molecule has 14 heavy (non-hydrogen) atoms. The highest BCUT2D eigenvalue weighted by Crippen LogP contribution is 2.08. The maximum atomic E-state index is 11.5. The van der Waals surface area contributed by atoms with Gasteiger partial charge in [0.05, 0.1) is 5.56 Å². The van der Waals surface area contributed by atoms with Gasteiger partial charge in [0.15, 0.2) is 0 Å². The second-order valence-electron chi connectivity index (χ2n) is 2.75. The fourth-order valence-electron chi connectivity index (χ4n) is 0.939. The van der Waals surface area contributed by atoms with E-state index in [1.54, 1.807) is 18.5 Å². The van der Waals surface area contributed by atoms with Crippen LogP contribution in [0.25, 0.3) is 0 Å². The molecule has 1 heterocycles. The van der Waals surface area contributed by atoms with Gasteiger partial charge in [0.25, 0.3) is 5.91 Å². The molecular formula is C9H12BrN3O. The highest BCUT2D eigenvalue weighted by atomic mass is 79.9. The van der Waals surface area contributed by atoms with Gasteiger partial charge in [-0.3, -0.25) is 9.78 Å². The Kier molecular flexibility index (Phi) is 4.55. The van der Waals surface area contributed by atoms with Gasteiger partial charge in [0, 0.05) is 30.0 Å². The fraction of sp³-hybridized carbons (Fsp3) is 0.333. The molecule has 0 atom stereocenters. The molecule has 0 aromatic carbocycles. The van der Waals surface area contributed by atoms with Crippen molar-refractivity contribution in [2.24, 2.45) is 0 Å². The first-order chi connectivity index (χ1) is 6.74. The molecule has 1 aromatic rings. The van der Waals surface area contributed by atoms with Gasteiger partial charge in [-0.25, -0.2) is 0 Å². The number of nitrogens with one attached hydrogen (secondary N) is 2. The Morgan fingerprint density at radius 2 is 2.29 bits per heavy atom. The van der Waals surface area contributed by atoms with Gasteiger partial charge in [-0.15, -0.1) is 0 Å². The summed E-state index contributed by atoms with van der Waals surface area (Å²) in [5, 5.41) is 5.71. The number of carbonyl (C=O) groups excluding carboxylic acids is 1. The van der Waals surface area contributed by atoms with Gasteiger partial charge >= 0.3 is 0 Å². The Morgan fingerprint density at radius 1 is 1.50 bits per heavy atom. The summed E-state index contributed by atoms with van der Waals surface area (Å²) in [6.07, 6.45) is 3.18. The van der Waals surface area contributed by atoms with Crippen LogP contribution in [-0.2, 0) is 0 Å². The van der Waals surface area contributed by atoms with E-state index < -0.39 is 0 Å². The average molecular weight is 258 g/mol. The number of nitrogens with zero attached hydrogens (tertiary/aromatic N) is 1. The molecule has 0 fully saturated rings. The molecule has 0 spiro atoms. The number of amides is 1. The summed E-state index contributed by atoms with van der Waals surface area (Å²) in [6.45, 7) is 1.37. The van der Waals surface area contributed by atoms with Crippen LogP contribution in [0, 0.1) is 0 Å². The number of pyridine rings is 1. The predicted octanol–water partition coefficient (Wildman–Crippen LogP) is 0.793. The number of likely N-dealkylation sites (N-methyl/N-ethyl adjacent to an activating group) is 1. The molecule has 0 aliphatic heterocycles. The van der Waals surface area contributed by atoms with Crippen molar-refractivity contribution in [3.8, 4) is 0 Å². The Balaban J connectivity index is 2.52. The molecule has 0 bridgehead atoms. The number of hydrogen-bond donors (Lipinski definition) is 2. The molecule has 1 aromatic heterocycles. The maximum absolute atomic E-state index is 11.5. The van der Waals surface area contributed by atoms with E-state index in [4.69, 9.17) is 0 Å². The second-order valence-corrected chi connectivity index (χ2v) is 3.67. The summed E-state index contributed by atoms with van der Waals surface area (Å²) in [5.74, 6) is -0.103. The zero-order chi connectivity index (χ0) is 10.4. The summed E-state index contributed by atoms with van der Waals surface area (Å²) in [7, 11) is 1.84. The van der Waals surface area contributed by atoms with Crippen LogP contribution in [0.15, 0.2) is 22.9 Å². The van der Waals surface area contributed by atoms with E-state index >= 15 is 0 Å². The van der Waals surface area contributed by atoms with Crippen molar-refractivity contribution in [1.82, 2.24) is 15.6 Å². The third-order valence-corrected chi connectivity index (χ3v) is 2.06. The van der Waals surface area contributed by atoms with Gasteiger partial charge in [0.1, 0.15) is 0 Å². The van der Waals surface area contributed by atoms with E-state index in [1.165, 1.54) is 0 Å². The topological polar surface area (TPSA) is 54.0 Å². The number of hydrogen-bond acceptors (Lipinski definition) is 3. The predicted molar refractivity (Wildman–Crippen MR) is 58.2 cm³/mol. The average Bonchev–Trinajstić information content (AvgIpc) is 2.18. The quantitative estimate of drug-likeness (QED) is 0.785. The van der Waals surface area contributed by atoms with Crippen molar-refractivity contribution in [1.29, 1.82) is 0 Å². The van der Waals surface area contributed by atoms with Crippen LogP contribution in [0.3, 0.4) is 0 Å². The molecular weight excluding hydrogens is 246 g/mol. The SMILES string of the molecule is CNCCNC(=O)c1cncc(Br)c1. The lowest BCUT2D eigenvalue weighted by atomic mass is 10.3. The van der Waals surface area contributed by atoms with Crippen LogP contribution in [0.1, 0.15) is 10.4 Å². The maximum Gasteiger partial charge on any atom is 0.252 e. The van der Waals surface area contributed by atoms with Gasteiger partial charge < -0.3 is 10.6 Å². The summed E-state index contributed by atoms with van der Waals surface area (Å²) in [5.41, 5.74) is 0.565. The lowest BCUT2D eigenvalue weighted by Crippen LogP contribution is -2.30. The zero-order valence-electron chi connectivity index (χ0n) is 7.88. The standard InChI is InChI=1S/C9H12BrN3O/c1-11-2-3-13-9(14)7-4-8(10)6-12-5-7/h4-6,11H,2-3H2,1H3,(H,13,14). The van der Waals surface area contributed by atoms with E-state index in [9.17, 15) is 4.79 Å². The second kappa shape index (κ2) is 5.72. The lowest BCUT2D eigenvalue weighted by Gasteiger charge is -2.04. The van der Waals surface area contributed by atoms with Gasteiger partial charge in [-0.05, 0) is 29.0 Å². The van der Waals surface area contributed by atoms with Crippen LogP contribution in [0.4, 0.5) is 0 Å². The molecule has 0 saturated heterocycles. The van der Waals surface area contributed by atoms with Crippen molar-refractivity contribution >= 4 is 21.8 Å². The van der Waals surface area contributed by atoms with Crippen LogP contribution in [0.5, 0.6) is 0 Å². The monoisotopic (exact) mass is 257 g/mol. The highest BCUT2D eigenvalue weighted by Gasteiger charge is 2.04. The smallest absolute Gasteiger partial charge is 0.252 e. The summed E-state index contributed by atoms with van der Waals surface area (Å²) in [6, 6.07) is 1.74. The largest absolute Gasteiger partial charge is 0.351 e. The molecule has 0 aliphatic rings. The molecule has 0 radical (unpaired) electrons. The fourth-order valence-corrected chi connectivity index (χ4v) is 1.30. The third-order valence-electron chi connectivity index (χ3n) is 1.63. The van der Waals surface area contributed by atoms with Crippen molar-refractivity contribution in [3.63, 3.8) is 0 Å². The van der Waals surface area contributed by atoms with Crippen LogP contribution >= 0.6 is 15.9 Å². The minimum Gasteiger partial charge on any atom is -0.351 e. The van der Waals surface area contributed by atoms with Crippen LogP contribution in [-0.4, -0.2) is 31.0 Å². The van der Waals surface area contributed by atoms with E-state index in [2.05, 4.69) is 31.5 Å². The Hall–Kier alpha value is -0.940. The first-order valence-corrected chi connectivity index (χ1v) is 5.06. The Labute approximate surface area is 91.2 Å². The Morgan fingerprint density at radius 3 is 2.93 bits per heavy atom. The molecule has 0 saturated carbocycles. The zero-order valence-corrected chi connectivity index (χ0v) is 9.47. The summed E-state index contributed by atoms with van der Waals surface area (Å²) >= 11 is 3.26. The van der Waals surface area contributed by atoms with E-state index in [-0.39, 0.29) is 5.91 Å². The molecule has 2 N–H and O–H groups in total. The Bertz CT molecular complexity index is 317. The van der Waals surface area contributed by atoms with E-state index in [1.807, 2.05) is 7.05 Å². The number of aromatic nitrogens is 1. The first-order valence-electron chi connectivity index (χ1n) is 4.27. The minimum absolute atomic E-state index is 0.103. The first kappa shape index (κ1) is 11.1. The molecule has 1 rings (SSSR count). The number of carbonyl (C=O) groups is 1.